The minimum absolute atomic E-state index is 0.196. The van der Waals surface area contributed by atoms with Crippen LogP contribution in [-0.2, 0) is 6.42 Å². The molecule has 0 amide bonds. The Morgan fingerprint density at radius 3 is 2.74 bits per heavy atom. The van der Waals surface area contributed by atoms with E-state index >= 15 is 0 Å². The fraction of sp³-hybridized carbons (Fsp3) is 0.700. The highest BCUT2D eigenvalue weighted by Crippen LogP contribution is 2.54. The first-order valence-electron chi connectivity index (χ1n) is 9.15. The van der Waals surface area contributed by atoms with Crippen LogP contribution in [0.15, 0.2) is 12.1 Å². The standard InChI is InChI=1S/C20H30O3/c1-4-5-6-7-13-10-17(22)19-15-12-14(21)8-9-16(15)20(2,3)23-18(19)11-13/h10-11,14-16,21-22H,4-9,12H2,1-3H3/t14-,15+,16+/m0/s1. The molecule has 2 N–H and O–H groups in total. The van der Waals surface area contributed by atoms with Crippen molar-refractivity contribution in [1.29, 1.82) is 0 Å². The molecule has 1 saturated carbocycles. The smallest absolute Gasteiger partial charge is 0.127 e. The molecule has 3 heteroatoms. The van der Waals surface area contributed by atoms with Crippen molar-refractivity contribution in [1.82, 2.24) is 0 Å². The molecule has 128 valence electrons. The average Bonchev–Trinajstić information content (AvgIpc) is 2.46. The van der Waals surface area contributed by atoms with Crippen LogP contribution < -0.4 is 4.74 Å². The molecule has 0 bridgehead atoms. The fourth-order valence-corrected chi connectivity index (χ4v) is 4.51. The van der Waals surface area contributed by atoms with Crippen LogP contribution in [0.5, 0.6) is 11.5 Å². The van der Waals surface area contributed by atoms with Gasteiger partial charge in [0.05, 0.1) is 6.10 Å². The minimum atomic E-state index is -0.262. The van der Waals surface area contributed by atoms with Gasteiger partial charge >= 0.3 is 0 Å². The molecule has 0 spiro atoms. The fourth-order valence-electron chi connectivity index (χ4n) is 4.51. The maximum absolute atomic E-state index is 10.6. The van der Waals surface area contributed by atoms with E-state index in [1.165, 1.54) is 12.8 Å². The highest BCUT2D eigenvalue weighted by atomic mass is 16.5. The van der Waals surface area contributed by atoms with Gasteiger partial charge in [0.15, 0.2) is 0 Å². The Hall–Kier alpha value is -1.22. The van der Waals surface area contributed by atoms with Gasteiger partial charge in [0.25, 0.3) is 0 Å². The molecule has 3 atom stereocenters. The summed E-state index contributed by atoms with van der Waals surface area (Å²) in [6.45, 7) is 6.49. The zero-order valence-electron chi connectivity index (χ0n) is 14.6. The number of fused-ring (bicyclic) bond motifs is 3. The molecule has 3 rings (SSSR count). The monoisotopic (exact) mass is 318 g/mol. The van der Waals surface area contributed by atoms with E-state index in [-0.39, 0.29) is 17.6 Å². The summed E-state index contributed by atoms with van der Waals surface area (Å²) < 4.78 is 6.31. The molecular weight excluding hydrogens is 288 g/mol. The van der Waals surface area contributed by atoms with Gasteiger partial charge in [-0.1, -0.05) is 19.8 Å². The van der Waals surface area contributed by atoms with E-state index in [0.717, 1.165) is 49.0 Å². The third kappa shape index (κ3) is 3.21. The zero-order valence-corrected chi connectivity index (χ0v) is 14.6. The molecule has 0 unspecified atom stereocenters. The second kappa shape index (κ2) is 6.35. The highest BCUT2D eigenvalue weighted by molar-refractivity contribution is 5.52. The molecule has 0 saturated heterocycles. The van der Waals surface area contributed by atoms with Gasteiger partial charge in [0, 0.05) is 17.4 Å². The first kappa shape index (κ1) is 16.6. The predicted molar refractivity (Wildman–Crippen MR) is 92.1 cm³/mol. The number of phenols is 1. The van der Waals surface area contributed by atoms with Crippen molar-refractivity contribution in [2.45, 2.75) is 83.3 Å². The van der Waals surface area contributed by atoms with Crippen LogP contribution in [-0.4, -0.2) is 21.9 Å². The molecule has 0 aromatic heterocycles. The van der Waals surface area contributed by atoms with Gasteiger partial charge in [-0.3, -0.25) is 0 Å². The Morgan fingerprint density at radius 1 is 1.22 bits per heavy atom. The highest BCUT2D eigenvalue weighted by Gasteiger charge is 2.47. The van der Waals surface area contributed by atoms with Crippen molar-refractivity contribution < 1.29 is 14.9 Å². The Bertz CT molecular complexity index is 564. The van der Waals surface area contributed by atoms with Crippen molar-refractivity contribution in [3.8, 4) is 11.5 Å². The van der Waals surface area contributed by atoms with Crippen LogP contribution in [0.25, 0.3) is 0 Å². The summed E-state index contributed by atoms with van der Waals surface area (Å²) in [5.74, 6) is 1.74. The average molecular weight is 318 g/mol. The lowest BCUT2D eigenvalue weighted by Gasteiger charge is -2.48. The molecular formula is C20H30O3. The first-order valence-corrected chi connectivity index (χ1v) is 9.15. The van der Waals surface area contributed by atoms with Crippen LogP contribution in [0.4, 0.5) is 0 Å². The van der Waals surface area contributed by atoms with E-state index in [1.807, 2.05) is 6.07 Å². The number of hydrogen-bond acceptors (Lipinski definition) is 3. The molecule has 1 aromatic rings. The van der Waals surface area contributed by atoms with E-state index < -0.39 is 0 Å². The van der Waals surface area contributed by atoms with Crippen molar-refractivity contribution >= 4 is 0 Å². The van der Waals surface area contributed by atoms with Gasteiger partial charge in [-0.2, -0.15) is 0 Å². The number of ether oxygens (including phenoxy) is 1. The molecule has 1 aromatic carbocycles. The molecule has 1 fully saturated rings. The molecule has 3 nitrogen and oxygen atoms in total. The maximum Gasteiger partial charge on any atom is 0.127 e. The van der Waals surface area contributed by atoms with Gasteiger partial charge in [-0.15, -0.1) is 0 Å². The summed E-state index contributed by atoms with van der Waals surface area (Å²) in [4.78, 5) is 0. The number of aliphatic hydroxyl groups excluding tert-OH is 1. The minimum Gasteiger partial charge on any atom is -0.508 e. The van der Waals surface area contributed by atoms with E-state index in [4.69, 9.17) is 4.74 Å². The predicted octanol–water partition coefficient (Wildman–Crippen LogP) is 4.54. The number of unbranched alkanes of at least 4 members (excludes halogenated alkanes) is 2. The lowest BCUT2D eigenvalue weighted by molar-refractivity contribution is -0.0317. The van der Waals surface area contributed by atoms with Crippen molar-refractivity contribution in [2.24, 2.45) is 5.92 Å². The van der Waals surface area contributed by atoms with E-state index in [2.05, 4.69) is 26.8 Å². The normalized spacial score (nSPS) is 28.6. The van der Waals surface area contributed by atoms with Crippen LogP contribution in [0.2, 0.25) is 0 Å². The Balaban J connectivity index is 1.94. The number of phenolic OH excluding ortho intramolecular Hbond substituents is 1. The van der Waals surface area contributed by atoms with Gasteiger partial charge in [0.1, 0.15) is 17.1 Å². The van der Waals surface area contributed by atoms with E-state index in [0.29, 0.717) is 11.7 Å². The number of aryl methyl sites for hydroxylation is 1. The number of hydrogen-bond donors (Lipinski definition) is 2. The summed E-state index contributed by atoms with van der Waals surface area (Å²) >= 11 is 0. The first-order chi connectivity index (χ1) is 10.9. The Labute approximate surface area is 139 Å². The van der Waals surface area contributed by atoms with Gasteiger partial charge in [0.2, 0.25) is 0 Å². The number of rotatable bonds is 4. The molecule has 1 aliphatic carbocycles. The van der Waals surface area contributed by atoms with Crippen molar-refractivity contribution in [3.63, 3.8) is 0 Å². The van der Waals surface area contributed by atoms with Gasteiger partial charge in [-0.25, -0.2) is 0 Å². The Morgan fingerprint density at radius 2 is 2.00 bits per heavy atom. The quantitative estimate of drug-likeness (QED) is 0.801. The summed E-state index contributed by atoms with van der Waals surface area (Å²) in [6.07, 6.45) is 6.78. The number of aromatic hydroxyl groups is 1. The molecule has 0 radical (unpaired) electrons. The maximum atomic E-state index is 10.6. The summed E-state index contributed by atoms with van der Waals surface area (Å²) in [6, 6.07) is 4.03. The zero-order chi connectivity index (χ0) is 16.6. The molecule has 1 aliphatic heterocycles. The van der Waals surface area contributed by atoms with Gasteiger partial charge < -0.3 is 14.9 Å². The number of aliphatic hydroxyl groups is 1. The van der Waals surface area contributed by atoms with Crippen LogP contribution in [0.3, 0.4) is 0 Å². The topological polar surface area (TPSA) is 49.7 Å². The molecule has 1 heterocycles. The molecule has 2 aliphatic rings. The van der Waals surface area contributed by atoms with Crippen LogP contribution in [0, 0.1) is 5.92 Å². The van der Waals surface area contributed by atoms with Crippen molar-refractivity contribution in [2.75, 3.05) is 0 Å². The molecule has 23 heavy (non-hydrogen) atoms. The van der Waals surface area contributed by atoms with E-state index in [9.17, 15) is 10.2 Å². The summed E-state index contributed by atoms with van der Waals surface area (Å²) in [5.41, 5.74) is 1.83. The largest absolute Gasteiger partial charge is 0.508 e. The second-order valence-electron chi connectivity index (χ2n) is 7.87. The summed E-state index contributed by atoms with van der Waals surface area (Å²) in [7, 11) is 0. The lowest BCUT2D eigenvalue weighted by Crippen LogP contribution is -2.47. The lowest BCUT2D eigenvalue weighted by atomic mass is 9.66. The SMILES string of the molecule is CCCCCc1cc(O)c2c(c1)OC(C)(C)[C@@H]1CC[C@H](O)C[C@@H]21. The third-order valence-electron chi connectivity index (χ3n) is 5.71. The second-order valence-corrected chi connectivity index (χ2v) is 7.87. The third-order valence-corrected chi connectivity index (χ3v) is 5.71. The van der Waals surface area contributed by atoms with Crippen LogP contribution >= 0.6 is 0 Å². The van der Waals surface area contributed by atoms with Crippen LogP contribution in [0.1, 0.15) is 76.3 Å². The van der Waals surface area contributed by atoms with Gasteiger partial charge in [-0.05, 0) is 63.6 Å². The Kier molecular flexibility index (Phi) is 4.59. The summed E-state index contributed by atoms with van der Waals surface area (Å²) in [5, 5.41) is 20.7. The van der Waals surface area contributed by atoms with E-state index in [1.54, 1.807) is 0 Å². The number of benzene rings is 1. The van der Waals surface area contributed by atoms with Crippen molar-refractivity contribution in [3.05, 3.63) is 23.3 Å².